The van der Waals surface area contributed by atoms with Crippen LogP contribution in [0, 0.1) is 34.9 Å². The molecule has 11 heteroatoms. The van der Waals surface area contributed by atoms with Crippen molar-refractivity contribution in [2.75, 3.05) is 12.9 Å². The minimum absolute atomic E-state index is 0.000404. The molecule has 3 N–H and O–H groups in total. The van der Waals surface area contributed by atoms with E-state index in [0.717, 1.165) is 43.0 Å². The van der Waals surface area contributed by atoms with E-state index in [1.807, 2.05) is 0 Å². The van der Waals surface area contributed by atoms with Crippen LogP contribution in [-0.4, -0.2) is 51.8 Å². The van der Waals surface area contributed by atoms with Gasteiger partial charge in [-0.15, -0.1) is 0 Å². The van der Waals surface area contributed by atoms with Crippen molar-refractivity contribution in [2.45, 2.75) is 37.5 Å². The van der Waals surface area contributed by atoms with Gasteiger partial charge in [0.2, 0.25) is 0 Å². The molecule has 1 aliphatic carbocycles. The second-order valence-corrected chi connectivity index (χ2v) is 10.7. The fourth-order valence-electron chi connectivity index (χ4n) is 3.09. The van der Waals surface area contributed by atoms with Gasteiger partial charge in [0.25, 0.3) is 11.5 Å². The highest BCUT2D eigenvalue weighted by molar-refractivity contribution is 7.92. The van der Waals surface area contributed by atoms with Crippen molar-refractivity contribution in [3.63, 3.8) is 0 Å². The first-order valence-electron chi connectivity index (χ1n) is 9.93. The zero-order chi connectivity index (χ0) is 24.4. The molecule has 1 amide bonds. The van der Waals surface area contributed by atoms with Gasteiger partial charge >= 0.3 is 0 Å². The molecular weight excluding hydrogens is 453 g/mol. The van der Waals surface area contributed by atoms with Crippen molar-refractivity contribution in [3.8, 4) is 23.7 Å². The fraction of sp³-hybridized carbons (Fsp3) is 0.409. The summed E-state index contributed by atoms with van der Waals surface area (Å²) in [5, 5.41) is 18.1. The molecule has 1 atom stereocenters. The van der Waals surface area contributed by atoms with E-state index in [1.165, 1.54) is 11.5 Å². The van der Waals surface area contributed by atoms with Crippen molar-refractivity contribution in [3.05, 3.63) is 40.2 Å². The molecular formula is C22H22FN3O6S. The molecule has 0 radical (unpaired) electrons. The lowest BCUT2D eigenvalue weighted by atomic mass is 10.1. The normalized spacial score (nSPS) is 16.0. The van der Waals surface area contributed by atoms with Crippen molar-refractivity contribution in [1.82, 2.24) is 15.0 Å². The lowest BCUT2D eigenvalue weighted by molar-refractivity contribution is -0.131. The average Bonchev–Trinajstić information content (AvgIpc) is 3.55. The summed E-state index contributed by atoms with van der Waals surface area (Å²) >= 11 is 0. The number of carbonyl (C=O) groups is 1. The smallest absolute Gasteiger partial charge is 0.264 e. The summed E-state index contributed by atoms with van der Waals surface area (Å²) in [7, 11) is -3.94. The summed E-state index contributed by atoms with van der Waals surface area (Å²) in [4.78, 5) is 28.8. The monoisotopic (exact) mass is 475 g/mol. The molecule has 0 spiro atoms. The van der Waals surface area contributed by atoms with Gasteiger partial charge in [0.1, 0.15) is 5.82 Å². The average molecular weight is 475 g/mol. The van der Waals surface area contributed by atoms with E-state index in [-0.39, 0.29) is 36.0 Å². The Kier molecular flexibility index (Phi) is 6.61. The molecule has 1 aromatic heterocycles. The molecule has 9 nitrogen and oxygen atoms in total. The molecule has 1 heterocycles. The zero-order valence-corrected chi connectivity index (χ0v) is 18.8. The van der Waals surface area contributed by atoms with Gasteiger partial charge in [-0.1, -0.05) is 5.92 Å². The summed E-state index contributed by atoms with van der Waals surface area (Å²) in [6.45, 7) is 0.868. The quantitative estimate of drug-likeness (QED) is 0.312. The highest BCUT2D eigenvalue weighted by Gasteiger charge is 2.43. The lowest BCUT2D eigenvalue weighted by Crippen LogP contribution is -2.50. The summed E-state index contributed by atoms with van der Waals surface area (Å²) in [5.41, 5.74) is 0.497. The summed E-state index contributed by atoms with van der Waals surface area (Å²) in [6.07, 6.45) is 3.28. The Labute approximate surface area is 189 Å². The predicted molar refractivity (Wildman–Crippen MR) is 117 cm³/mol. The molecule has 1 aromatic carbocycles. The molecule has 0 bridgehead atoms. The number of carbonyl (C=O) groups excluding carboxylic acids is 1. The molecule has 1 fully saturated rings. The third-order valence-corrected chi connectivity index (χ3v) is 7.91. The Morgan fingerprint density at radius 2 is 2.06 bits per heavy atom. The molecule has 33 heavy (non-hydrogen) atoms. The van der Waals surface area contributed by atoms with E-state index in [0.29, 0.717) is 0 Å². The van der Waals surface area contributed by atoms with Crippen LogP contribution in [0.2, 0.25) is 0 Å². The molecule has 1 saturated carbocycles. The number of aliphatic hydroxyl groups is 1. The Hall–Kier alpha value is -3.25. The van der Waals surface area contributed by atoms with Gasteiger partial charge in [-0.2, -0.15) is 0 Å². The van der Waals surface area contributed by atoms with Crippen LogP contribution in [0.25, 0.3) is 10.9 Å². The molecule has 1 aliphatic rings. The second-order valence-electron chi connectivity index (χ2n) is 8.22. The van der Waals surface area contributed by atoms with Crippen molar-refractivity contribution >= 4 is 26.6 Å². The maximum absolute atomic E-state index is 14.5. The third kappa shape index (κ3) is 4.91. The zero-order valence-electron chi connectivity index (χ0n) is 18.0. The van der Waals surface area contributed by atoms with Crippen LogP contribution >= 0.6 is 0 Å². The topological polar surface area (TPSA) is 139 Å². The highest BCUT2D eigenvalue weighted by atomic mass is 32.2. The first-order chi connectivity index (χ1) is 15.5. The number of aliphatic hydroxyl groups excluding tert-OH is 1. The summed E-state index contributed by atoms with van der Waals surface area (Å²) in [5.74, 6) is 8.72. The van der Waals surface area contributed by atoms with Crippen molar-refractivity contribution in [2.24, 2.45) is 5.41 Å². The van der Waals surface area contributed by atoms with E-state index in [9.17, 15) is 27.5 Å². The largest absolute Gasteiger partial charge is 0.395 e. The Bertz CT molecular complexity index is 1410. The number of hydrogen-bond acceptors (Lipinski definition) is 7. The highest BCUT2D eigenvalue weighted by Crippen LogP contribution is 2.44. The van der Waals surface area contributed by atoms with Crippen LogP contribution in [0.5, 0.6) is 0 Å². The molecule has 2 aromatic rings. The standard InChI is InChI=1S/C22H22FN3O6S/c1-21(20(29)25-30,33(2,31)32)9-10-26-14-24-18-11-15(17(23)12-16(18)19(26)28)5-3-4-6-22(13-27)7-8-22/h11-12,14,27,30H,7-10,13H2,1-2H3,(H,25,29)/t21-/m1/s1. The summed E-state index contributed by atoms with van der Waals surface area (Å²) < 4.78 is 37.8. The van der Waals surface area contributed by atoms with Crippen LogP contribution < -0.4 is 11.0 Å². The van der Waals surface area contributed by atoms with Gasteiger partial charge in [0.15, 0.2) is 14.6 Å². The number of nitrogens with one attached hydrogen (secondary N) is 1. The Balaban J connectivity index is 1.89. The number of halogens is 1. The minimum atomic E-state index is -3.94. The Morgan fingerprint density at radius 1 is 1.36 bits per heavy atom. The molecule has 0 unspecified atom stereocenters. The van der Waals surface area contributed by atoms with E-state index in [4.69, 9.17) is 5.21 Å². The minimum Gasteiger partial charge on any atom is -0.395 e. The maximum atomic E-state index is 14.5. The first-order valence-corrected chi connectivity index (χ1v) is 11.8. The number of hydroxylamine groups is 1. The lowest BCUT2D eigenvalue weighted by Gasteiger charge is -2.25. The number of amides is 1. The SMILES string of the molecule is C[C@@](CCn1cnc2cc(C#CC#CC3(CO)CC3)c(F)cc2c1=O)(C(=O)NO)S(C)(=O)=O. The molecule has 3 rings (SSSR count). The van der Waals surface area contributed by atoms with Crippen LogP contribution in [-0.2, 0) is 21.2 Å². The third-order valence-electron chi connectivity index (χ3n) is 5.89. The van der Waals surface area contributed by atoms with E-state index in [2.05, 4.69) is 28.7 Å². The van der Waals surface area contributed by atoms with E-state index in [1.54, 1.807) is 0 Å². The molecule has 0 saturated heterocycles. The fourth-order valence-corrected chi connectivity index (χ4v) is 3.93. The molecule has 174 valence electrons. The van der Waals surface area contributed by atoms with E-state index >= 15 is 0 Å². The number of aryl methyl sites for hydroxylation is 1. The van der Waals surface area contributed by atoms with Crippen LogP contribution in [0.4, 0.5) is 4.39 Å². The number of rotatable bonds is 6. The number of hydrogen-bond donors (Lipinski definition) is 3. The predicted octanol–water partition coefficient (Wildman–Crippen LogP) is 0.362. The number of aromatic nitrogens is 2. The second kappa shape index (κ2) is 8.94. The van der Waals surface area contributed by atoms with E-state index < -0.39 is 37.3 Å². The van der Waals surface area contributed by atoms with Crippen molar-refractivity contribution in [1.29, 1.82) is 0 Å². The number of nitrogens with zero attached hydrogens (tertiary/aromatic N) is 2. The van der Waals surface area contributed by atoms with Gasteiger partial charge in [0.05, 0.1) is 34.8 Å². The maximum Gasteiger partial charge on any atom is 0.264 e. The van der Waals surface area contributed by atoms with Gasteiger partial charge in [-0.3, -0.25) is 19.4 Å². The van der Waals surface area contributed by atoms with Gasteiger partial charge in [0, 0.05) is 12.8 Å². The Morgan fingerprint density at radius 3 is 2.64 bits per heavy atom. The van der Waals surface area contributed by atoms with Gasteiger partial charge < -0.3 is 5.11 Å². The number of fused-ring (bicyclic) bond motifs is 1. The molecule has 0 aliphatic heterocycles. The van der Waals surface area contributed by atoms with Crippen molar-refractivity contribution < 1.29 is 27.9 Å². The number of benzene rings is 1. The summed E-state index contributed by atoms with van der Waals surface area (Å²) in [6, 6.07) is 2.30. The van der Waals surface area contributed by atoms with Crippen LogP contribution in [0.3, 0.4) is 0 Å². The van der Waals surface area contributed by atoms with Gasteiger partial charge in [-0.25, -0.2) is 23.3 Å². The number of sulfone groups is 1. The van der Waals surface area contributed by atoms with Crippen LogP contribution in [0.1, 0.15) is 31.7 Å². The van der Waals surface area contributed by atoms with Gasteiger partial charge in [-0.05, 0) is 56.1 Å². The van der Waals surface area contributed by atoms with Crippen LogP contribution in [0.15, 0.2) is 23.3 Å². The first kappa shape index (κ1) is 24.4.